The van der Waals surface area contributed by atoms with Crippen molar-refractivity contribution >= 4 is 5.97 Å². The maximum absolute atomic E-state index is 13.2. The number of aliphatic carboxylic acids is 1. The Labute approximate surface area is 97.0 Å². The number of ether oxygens (including phenoxy) is 1. The summed E-state index contributed by atoms with van der Waals surface area (Å²) in [5.74, 6) is -4.32. The molecule has 1 heterocycles. The Bertz CT molecular complexity index is 460. The fourth-order valence-electron chi connectivity index (χ4n) is 1.14. The van der Waals surface area contributed by atoms with Crippen molar-refractivity contribution in [3.8, 4) is 5.75 Å². The number of pyridine rings is 1. The number of carbonyl (C=O) groups is 1. The molecule has 0 fully saturated rings. The summed E-state index contributed by atoms with van der Waals surface area (Å²) in [7, 11) is 0. The van der Waals surface area contributed by atoms with E-state index in [0.717, 1.165) is 0 Å². The number of carboxylic acids is 1. The van der Waals surface area contributed by atoms with Crippen LogP contribution in [-0.4, -0.2) is 22.4 Å². The van der Waals surface area contributed by atoms with Crippen LogP contribution in [-0.2, 0) is 17.9 Å². The summed E-state index contributed by atoms with van der Waals surface area (Å²) in [5.41, 5.74) is -1.37. The molecule has 100 valence electrons. The van der Waals surface area contributed by atoms with Gasteiger partial charge >= 0.3 is 12.3 Å². The third-order valence-corrected chi connectivity index (χ3v) is 1.73. The van der Waals surface area contributed by atoms with Crippen molar-refractivity contribution in [2.24, 2.45) is 0 Å². The molecule has 0 atom stereocenters. The Morgan fingerprint density at radius 2 is 2.06 bits per heavy atom. The van der Waals surface area contributed by atoms with Crippen LogP contribution >= 0.6 is 0 Å². The highest BCUT2D eigenvalue weighted by molar-refractivity contribution is 5.69. The van der Waals surface area contributed by atoms with Crippen molar-refractivity contribution < 1.29 is 36.6 Å². The molecule has 0 saturated heterocycles. The first kappa shape index (κ1) is 14.1. The van der Waals surface area contributed by atoms with Gasteiger partial charge in [0.05, 0.1) is 12.1 Å². The monoisotopic (exact) mass is 271 g/mol. The van der Waals surface area contributed by atoms with Gasteiger partial charge in [0, 0.05) is 6.07 Å². The molecule has 1 aromatic rings. The minimum Gasteiger partial charge on any atom is -0.481 e. The number of alkyl halides is 4. The smallest absolute Gasteiger partial charge is 0.481 e. The molecule has 0 spiro atoms. The molecule has 0 radical (unpaired) electrons. The molecule has 1 N–H and O–H groups in total. The van der Waals surface area contributed by atoms with Crippen molar-refractivity contribution in [1.82, 2.24) is 4.98 Å². The van der Waals surface area contributed by atoms with E-state index in [9.17, 15) is 26.7 Å². The molecule has 0 aliphatic carbocycles. The van der Waals surface area contributed by atoms with E-state index in [4.69, 9.17) is 5.11 Å². The number of halogens is 5. The van der Waals surface area contributed by atoms with Crippen molar-refractivity contribution in [2.45, 2.75) is 19.5 Å². The number of hydrogen-bond acceptors (Lipinski definition) is 3. The maximum Gasteiger partial charge on any atom is 0.573 e. The number of carboxylic acid groups (broad SMARTS) is 1. The van der Waals surface area contributed by atoms with Gasteiger partial charge in [-0.1, -0.05) is 0 Å². The molecule has 0 saturated carbocycles. The summed E-state index contributed by atoms with van der Waals surface area (Å²) >= 11 is 0. The van der Waals surface area contributed by atoms with Crippen LogP contribution in [0.25, 0.3) is 0 Å². The third-order valence-electron chi connectivity index (χ3n) is 1.73. The lowest BCUT2D eigenvalue weighted by molar-refractivity contribution is -0.275. The first-order chi connectivity index (χ1) is 8.23. The largest absolute Gasteiger partial charge is 0.573 e. The Morgan fingerprint density at radius 1 is 1.44 bits per heavy atom. The van der Waals surface area contributed by atoms with Gasteiger partial charge in [-0.3, -0.25) is 9.78 Å². The summed E-state index contributed by atoms with van der Waals surface area (Å²) in [5, 5.41) is 8.43. The van der Waals surface area contributed by atoms with Gasteiger partial charge in [-0.15, -0.1) is 13.2 Å². The van der Waals surface area contributed by atoms with Crippen LogP contribution in [0.4, 0.5) is 22.0 Å². The number of aromatic nitrogens is 1. The predicted molar refractivity (Wildman–Crippen MR) is 47.0 cm³/mol. The number of hydrogen-bond donors (Lipinski definition) is 1. The van der Waals surface area contributed by atoms with Crippen LogP contribution in [0.5, 0.6) is 5.75 Å². The van der Waals surface area contributed by atoms with Crippen molar-refractivity contribution in [3.63, 3.8) is 0 Å². The minimum absolute atomic E-state index is 0.434. The number of nitrogens with zero attached hydrogens (tertiary/aromatic N) is 1. The van der Waals surface area contributed by atoms with Gasteiger partial charge < -0.3 is 9.84 Å². The van der Waals surface area contributed by atoms with Gasteiger partial charge in [-0.05, 0) is 0 Å². The first-order valence-electron chi connectivity index (χ1n) is 4.44. The van der Waals surface area contributed by atoms with E-state index < -0.39 is 48.4 Å². The zero-order chi connectivity index (χ0) is 13.9. The standard InChI is InChI=1S/C9H6F5NO3/c10-3-5-8(11)6(18-9(12,13)14)1-4(15-5)2-7(16)17/h1H,2-3H2,(H,16,17). The summed E-state index contributed by atoms with van der Waals surface area (Å²) in [6.45, 7) is -1.48. The van der Waals surface area contributed by atoms with Crippen molar-refractivity contribution in [2.75, 3.05) is 0 Å². The van der Waals surface area contributed by atoms with E-state index in [0.29, 0.717) is 6.07 Å². The second kappa shape index (κ2) is 5.15. The van der Waals surface area contributed by atoms with Gasteiger partial charge in [-0.25, -0.2) is 8.78 Å². The molecule has 0 unspecified atom stereocenters. The van der Waals surface area contributed by atoms with E-state index in [1.165, 1.54) is 0 Å². The summed E-state index contributed by atoms with van der Waals surface area (Å²) in [4.78, 5) is 13.6. The zero-order valence-corrected chi connectivity index (χ0v) is 8.59. The minimum atomic E-state index is -5.17. The molecule has 18 heavy (non-hydrogen) atoms. The Balaban J connectivity index is 3.18. The van der Waals surface area contributed by atoms with Crippen molar-refractivity contribution in [3.05, 3.63) is 23.3 Å². The fourth-order valence-corrected chi connectivity index (χ4v) is 1.14. The van der Waals surface area contributed by atoms with Crippen molar-refractivity contribution in [1.29, 1.82) is 0 Å². The quantitative estimate of drug-likeness (QED) is 0.853. The average Bonchev–Trinajstić information content (AvgIpc) is 2.19. The molecule has 0 aliphatic rings. The lowest BCUT2D eigenvalue weighted by atomic mass is 10.2. The lowest BCUT2D eigenvalue weighted by Gasteiger charge is -2.12. The fraction of sp³-hybridized carbons (Fsp3) is 0.333. The van der Waals surface area contributed by atoms with Gasteiger partial charge in [0.2, 0.25) is 0 Å². The van der Waals surface area contributed by atoms with Crippen LogP contribution in [0.15, 0.2) is 6.07 Å². The molecule has 0 aliphatic heterocycles. The highest BCUT2D eigenvalue weighted by Gasteiger charge is 2.33. The second-order valence-corrected chi connectivity index (χ2v) is 3.12. The molecule has 0 aromatic carbocycles. The molecular weight excluding hydrogens is 265 g/mol. The topological polar surface area (TPSA) is 59.4 Å². The van der Waals surface area contributed by atoms with Gasteiger partial charge in [0.1, 0.15) is 12.4 Å². The summed E-state index contributed by atoms with van der Waals surface area (Å²) in [6, 6.07) is 0.468. The Morgan fingerprint density at radius 3 is 2.50 bits per heavy atom. The molecule has 0 bridgehead atoms. The van der Waals surface area contributed by atoms with Gasteiger partial charge in [0.15, 0.2) is 11.6 Å². The molecule has 4 nitrogen and oxygen atoms in total. The van der Waals surface area contributed by atoms with E-state index in [2.05, 4.69) is 9.72 Å². The zero-order valence-electron chi connectivity index (χ0n) is 8.59. The maximum atomic E-state index is 13.2. The Hall–Kier alpha value is -1.93. The van der Waals surface area contributed by atoms with E-state index in [1.54, 1.807) is 0 Å². The third kappa shape index (κ3) is 3.82. The summed E-state index contributed by atoms with van der Waals surface area (Å²) in [6.07, 6.45) is -5.95. The average molecular weight is 271 g/mol. The normalized spacial score (nSPS) is 11.4. The first-order valence-corrected chi connectivity index (χ1v) is 4.44. The van der Waals surface area contributed by atoms with Gasteiger partial charge in [0.25, 0.3) is 0 Å². The lowest BCUT2D eigenvalue weighted by Crippen LogP contribution is -2.19. The van der Waals surface area contributed by atoms with Crippen LogP contribution in [0.3, 0.4) is 0 Å². The molecule has 1 aromatic heterocycles. The van der Waals surface area contributed by atoms with Crippen LogP contribution in [0, 0.1) is 5.82 Å². The molecular formula is C9H6F5NO3. The predicted octanol–water partition coefficient (Wildman–Crippen LogP) is 2.22. The highest BCUT2D eigenvalue weighted by atomic mass is 19.4. The van der Waals surface area contributed by atoms with Gasteiger partial charge in [-0.2, -0.15) is 0 Å². The SMILES string of the molecule is O=C(O)Cc1cc(OC(F)(F)F)c(F)c(CF)n1. The molecule has 0 amide bonds. The highest BCUT2D eigenvalue weighted by Crippen LogP contribution is 2.28. The molecule has 1 rings (SSSR count). The Kier molecular flexibility index (Phi) is 4.04. The van der Waals surface area contributed by atoms with Crippen LogP contribution < -0.4 is 4.74 Å². The van der Waals surface area contributed by atoms with Crippen LogP contribution in [0.2, 0.25) is 0 Å². The second-order valence-electron chi connectivity index (χ2n) is 3.12. The van der Waals surface area contributed by atoms with E-state index >= 15 is 0 Å². The van der Waals surface area contributed by atoms with Crippen LogP contribution in [0.1, 0.15) is 11.4 Å². The van der Waals surface area contributed by atoms with E-state index in [1.807, 2.05) is 0 Å². The molecule has 9 heteroatoms. The summed E-state index contributed by atoms with van der Waals surface area (Å²) < 4.78 is 64.7. The van der Waals surface area contributed by atoms with E-state index in [-0.39, 0.29) is 0 Å². The number of rotatable bonds is 4.